The van der Waals surface area contributed by atoms with Crippen molar-refractivity contribution >= 4 is 11.7 Å². The summed E-state index contributed by atoms with van der Waals surface area (Å²) in [6, 6.07) is 7.97. The van der Waals surface area contributed by atoms with E-state index in [9.17, 15) is 27.2 Å². The van der Waals surface area contributed by atoms with E-state index in [0.29, 0.717) is 23.8 Å². The molecule has 0 aliphatic heterocycles. The Kier molecular flexibility index (Phi) is 6.19. The number of benzene rings is 2. The molecule has 0 spiro atoms. The third-order valence-corrected chi connectivity index (χ3v) is 4.07. The summed E-state index contributed by atoms with van der Waals surface area (Å²) in [5, 5.41) is 11.1. The number of nitriles is 1. The van der Waals surface area contributed by atoms with Gasteiger partial charge in [0.1, 0.15) is 5.82 Å². The van der Waals surface area contributed by atoms with Crippen molar-refractivity contribution < 1.29 is 27.2 Å². The fourth-order valence-electron chi connectivity index (χ4n) is 2.59. The number of hydrogen-bond acceptors (Lipinski definition) is 3. The Balaban J connectivity index is 2.34. The maximum Gasteiger partial charge on any atom is 0.417 e. The lowest BCUT2D eigenvalue weighted by Gasteiger charge is -2.22. The Labute approximate surface area is 158 Å². The molecule has 0 saturated heterocycles. The first kappa shape index (κ1) is 21.1. The van der Waals surface area contributed by atoms with Crippen LogP contribution in [-0.4, -0.2) is 17.7 Å². The van der Waals surface area contributed by atoms with Crippen LogP contribution in [0.25, 0.3) is 0 Å². The molecule has 1 N–H and O–H groups in total. The summed E-state index contributed by atoms with van der Waals surface area (Å²) in [5.41, 5.74) is -1.67. The van der Waals surface area contributed by atoms with Gasteiger partial charge >= 0.3 is 6.18 Å². The molecule has 0 bridgehead atoms. The van der Waals surface area contributed by atoms with Crippen LogP contribution in [0.3, 0.4) is 0 Å². The quantitative estimate of drug-likeness (QED) is 0.607. The highest BCUT2D eigenvalue weighted by molar-refractivity contribution is 6.05. The van der Waals surface area contributed by atoms with Gasteiger partial charge in [-0.05, 0) is 36.2 Å². The van der Waals surface area contributed by atoms with Crippen LogP contribution in [0.5, 0.6) is 0 Å². The number of halogens is 4. The smallest absolute Gasteiger partial charge is 0.342 e. The van der Waals surface area contributed by atoms with Crippen molar-refractivity contribution in [2.75, 3.05) is 0 Å². The van der Waals surface area contributed by atoms with Gasteiger partial charge in [0.2, 0.25) is 0 Å². The zero-order valence-electron chi connectivity index (χ0n) is 15.0. The number of carbonyl (C=O) groups excluding carboxylic acids is 2. The lowest BCUT2D eigenvalue weighted by Crippen LogP contribution is -2.45. The second kappa shape index (κ2) is 8.21. The molecule has 1 unspecified atom stereocenters. The van der Waals surface area contributed by atoms with Crippen LogP contribution in [0.1, 0.15) is 45.7 Å². The van der Waals surface area contributed by atoms with E-state index in [4.69, 9.17) is 5.26 Å². The highest BCUT2D eigenvalue weighted by Gasteiger charge is 2.36. The molecule has 1 atom stereocenters. The molecule has 1 amide bonds. The first-order chi connectivity index (χ1) is 13.0. The maximum atomic E-state index is 13.4. The highest BCUT2D eigenvalue weighted by atomic mass is 19.4. The largest absolute Gasteiger partial charge is 0.417 e. The van der Waals surface area contributed by atoms with E-state index in [1.165, 1.54) is 24.3 Å². The maximum absolute atomic E-state index is 13.4. The van der Waals surface area contributed by atoms with Gasteiger partial charge < -0.3 is 5.32 Å². The predicted octanol–water partition coefficient (Wildman–Crippen LogP) is 4.35. The van der Waals surface area contributed by atoms with Gasteiger partial charge in [-0.3, -0.25) is 9.59 Å². The third-order valence-electron chi connectivity index (χ3n) is 4.07. The third kappa shape index (κ3) is 4.74. The lowest BCUT2D eigenvalue weighted by atomic mass is 9.93. The van der Waals surface area contributed by atoms with Crippen LogP contribution in [0, 0.1) is 23.1 Å². The molecular formula is C20H16F4N2O2. The monoisotopic (exact) mass is 392 g/mol. The number of Topliss-reactive ketones (excluding diaryl/α,β-unsaturated/α-hetero) is 1. The van der Waals surface area contributed by atoms with Gasteiger partial charge in [0, 0.05) is 5.56 Å². The Morgan fingerprint density at radius 1 is 1.07 bits per heavy atom. The highest BCUT2D eigenvalue weighted by Crippen LogP contribution is 2.32. The summed E-state index contributed by atoms with van der Waals surface area (Å²) in [5.74, 6) is -3.18. The molecule has 8 heteroatoms. The summed E-state index contributed by atoms with van der Waals surface area (Å²) in [4.78, 5) is 25.1. The van der Waals surface area contributed by atoms with Crippen LogP contribution >= 0.6 is 0 Å². The van der Waals surface area contributed by atoms with Gasteiger partial charge in [0.05, 0.1) is 28.8 Å². The fourth-order valence-corrected chi connectivity index (χ4v) is 2.59. The van der Waals surface area contributed by atoms with Crippen molar-refractivity contribution in [2.45, 2.75) is 26.1 Å². The van der Waals surface area contributed by atoms with Crippen LogP contribution in [-0.2, 0) is 6.18 Å². The topological polar surface area (TPSA) is 70.0 Å². The number of carbonyl (C=O) groups is 2. The molecule has 0 aromatic heterocycles. The Morgan fingerprint density at radius 2 is 1.68 bits per heavy atom. The molecule has 0 heterocycles. The Bertz CT molecular complexity index is 929. The standard InChI is InChI=1S/C20H16F4N2O2/c1-11(2)17(18(27)13-5-3-12(10-25)4-6-13)26-19(28)15-9-14(21)7-8-16(15)20(22,23)24/h3-9,11,17H,1-2H3,(H,26,28). The minimum Gasteiger partial charge on any atom is -0.342 e. The molecule has 28 heavy (non-hydrogen) atoms. The first-order valence-electron chi connectivity index (χ1n) is 8.26. The van der Waals surface area contributed by atoms with Gasteiger partial charge in [-0.1, -0.05) is 26.0 Å². The number of hydrogen-bond donors (Lipinski definition) is 1. The zero-order valence-corrected chi connectivity index (χ0v) is 15.0. The lowest BCUT2D eigenvalue weighted by molar-refractivity contribution is -0.138. The number of rotatable bonds is 5. The molecule has 0 fully saturated rings. The number of alkyl halides is 3. The van der Waals surface area contributed by atoms with E-state index in [1.807, 2.05) is 6.07 Å². The summed E-state index contributed by atoms with van der Waals surface area (Å²) < 4.78 is 52.9. The molecular weight excluding hydrogens is 376 g/mol. The Morgan fingerprint density at radius 3 is 2.18 bits per heavy atom. The Hall–Kier alpha value is -3.21. The first-order valence-corrected chi connectivity index (χ1v) is 8.26. The molecule has 0 aliphatic carbocycles. The molecule has 146 valence electrons. The van der Waals surface area contributed by atoms with Crippen LogP contribution in [0.2, 0.25) is 0 Å². The van der Waals surface area contributed by atoms with Crippen molar-refractivity contribution in [3.8, 4) is 6.07 Å². The molecule has 2 aromatic carbocycles. The second-order valence-corrected chi connectivity index (χ2v) is 6.44. The van der Waals surface area contributed by atoms with E-state index < -0.39 is 46.8 Å². The summed E-state index contributed by atoms with van der Waals surface area (Å²) in [6.07, 6.45) is -4.86. The van der Waals surface area contributed by atoms with Crippen molar-refractivity contribution in [2.24, 2.45) is 5.92 Å². The van der Waals surface area contributed by atoms with Gasteiger partial charge in [0.25, 0.3) is 5.91 Å². The van der Waals surface area contributed by atoms with Crippen LogP contribution in [0.15, 0.2) is 42.5 Å². The van der Waals surface area contributed by atoms with Crippen molar-refractivity contribution in [1.82, 2.24) is 5.32 Å². The predicted molar refractivity (Wildman–Crippen MR) is 93.0 cm³/mol. The van der Waals surface area contributed by atoms with Crippen molar-refractivity contribution in [3.63, 3.8) is 0 Å². The number of amides is 1. The van der Waals surface area contributed by atoms with Gasteiger partial charge in [-0.15, -0.1) is 0 Å². The van der Waals surface area contributed by atoms with E-state index in [2.05, 4.69) is 5.32 Å². The molecule has 0 aliphatic rings. The summed E-state index contributed by atoms with van der Waals surface area (Å²) in [6.45, 7) is 3.23. The summed E-state index contributed by atoms with van der Waals surface area (Å²) in [7, 11) is 0. The number of ketones is 1. The van der Waals surface area contributed by atoms with E-state index >= 15 is 0 Å². The van der Waals surface area contributed by atoms with E-state index in [0.717, 1.165) is 0 Å². The SMILES string of the molecule is CC(C)C(NC(=O)c1cc(F)ccc1C(F)(F)F)C(=O)c1ccc(C#N)cc1. The molecule has 0 radical (unpaired) electrons. The van der Waals surface area contributed by atoms with Gasteiger partial charge in [0.15, 0.2) is 5.78 Å². The second-order valence-electron chi connectivity index (χ2n) is 6.44. The molecule has 0 saturated carbocycles. The van der Waals surface area contributed by atoms with Gasteiger partial charge in [-0.25, -0.2) is 4.39 Å². The molecule has 2 rings (SSSR count). The van der Waals surface area contributed by atoms with Crippen molar-refractivity contribution in [3.05, 3.63) is 70.5 Å². The molecule has 4 nitrogen and oxygen atoms in total. The zero-order chi connectivity index (χ0) is 21.1. The average molecular weight is 392 g/mol. The van der Waals surface area contributed by atoms with Crippen LogP contribution in [0.4, 0.5) is 17.6 Å². The minimum atomic E-state index is -4.86. The molecule has 2 aromatic rings. The number of nitrogens with zero attached hydrogens (tertiary/aromatic N) is 1. The van der Waals surface area contributed by atoms with E-state index in [-0.39, 0.29) is 5.56 Å². The average Bonchev–Trinajstić information content (AvgIpc) is 2.64. The van der Waals surface area contributed by atoms with Gasteiger partial charge in [-0.2, -0.15) is 18.4 Å². The summed E-state index contributed by atoms with van der Waals surface area (Å²) >= 11 is 0. The minimum absolute atomic E-state index is 0.188. The number of nitrogens with one attached hydrogen (secondary N) is 1. The fraction of sp³-hybridized carbons (Fsp3) is 0.250. The van der Waals surface area contributed by atoms with Crippen molar-refractivity contribution in [1.29, 1.82) is 5.26 Å². The van der Waals surface area contributed by atoms with E-state index in [1.54, 1.807) is 13.8 Å². The normalized spacial score (nSPS) is 12.4. The van der Waals surface area contributed by atoms with Crippen LogP contribution < -0.4 is 5.32 Å².